The lowest BCUT2D eigenvalue weighted by atomic mass is 10.2. The maximum atomic E-state index is 12.9. The van der Waals surface area contributed by atoms with E-state index in [4.69, 9.17) is 5.73 Å². The number of nitrogens with one attached hydrogen (secondary N) is 1. The average molecular weight is 399 g/mol. The SMILES string of the molecule is NC(=NCCNc1ncccc1C(F)(F)F)N1CCN(c2nccs2)CC1. The van der Waals surface area contributed by atoms with Crippen molar-refractivity contribution in [1.82, 2.24) is 14.9 Å². The Morgan fingerprint density at radius 1 is 1.22 bits per heavy atom. The molecule has 2 aromatic heterocycles. The van der Waals surface area contributed by atoms with Gasteiger partial charge >= 0.3 is 6.18 Å². The van der Waals surface area contributed by atoms with E-state index < -0.39 is 11.7 Å². The smallest absolute Gasteiger partial charge is 0.370 e. The molecule has 3 rings (SSSR count). The molecule has 0 unspecified atom stereocenters. The molecule has 0 atom stereocenters. The van der Waals surface area contributed by atoms with Gasteiger partial charge in [0.15, 0.2) is 11.1 Å². The van der Waals surface area contributed by atoms with Gasteiger partial charge in [-0.2, -0.15) is 13.2 Å². The molecule has 0 radical (unpaired) electrons. The first-order chi connectivity index (χ1) is 12.9. The molecule has 7 nitrogen and oxygen atoms in total. The van der Waals surface area contributed by atoms with Gasteiger partial charge in [0.05, 0.1) is 12.1 Å². The first-order valence-electron chi connectivity index (χ1n) is 8.40. The van der Waals surface area contributed by atoms with E-state index in [-0.39, 0.29) is 18.9 Å². The summed E-state index contributed by atoms with van der Waals surface area (Å²) in [6, 6.07) is 2.25. The lowest BCUT2D eigenvalue weighted by Crippen LogP contribution is -2.51. The van der Waals surface area contributed by atoms with Crippen LogP contribution in [0.15, 0.2) is 34.9 Å². The summed E-state index contributed by atoms with van der Waals surface area (Å²) in [4.78, 5) is 16.5. The van der Waals surface area contributed by atoms with E-state index in [0.717, 1.165) is 37.4 Å². The third-order valence-corrected chi connectivity index (χ3v) is 4.92. The number of hydrogen-bond donors (Lipinski definition) is 2. The second-order valence-corrected chi connectivity index (χ2v) is 6.73. The Labute approximate surface area is 158 Å². The number of halogens is 3. The van der Waals surface area contributed by atoms with Gasteiger partial charge in [-0.25, -0.2) is 9.97 Å². The quantitative estimate of drug-likeness (QED) is 0.455. The highest BCUT2D eigenvalue weighted by atomic mass is 32.1. The summed E-state index contributed by atoms with van der Waals surface area (Å²) in [5, 5.41) is 5.61. The van der Waals surface area contributed by atoms with Crippen LogP contribution < -0.4 is 16.0 Å². The van der Waals surface area contributed by atoms with Gasteiger partial charge in [-0.05, 0) is 12.1 Å². The molecular formula is C16H20F3N7S. The van der Waals surface area contributed by atoms with Crippen LogP contribution in [0.1, 0.15) is 5.56 Å². The molecule has 11 heteroatoms. The van der Waals surface area contributed by atoms with Crippen molar-refractivity contribution < 1.29 is 13.2 Å². The number of nitrogens with two attached hydrogens (primary N) is 1. The maximum absolute atomic E-state index is 12.9. The second-order valence-electron chi connectivity index (χ2n) is 5.85. The van der Waals surface area contributed by atoms with Crippen molar-refractivity contribution in [2.75, 3.05) is 49.5 Å². The van der Waals surface area contributed by atoms with Crippen molar-refractivity contribution >= 4 is 28.2 Å². The molecule has 3 heterocycles. The fourth-order valence-electron chi connectivity index (χ4n) is 2.72. The molecule has 0 spiro atoms. The molecule has 1 aliphatic rings. The second kappa shape index (κ2) is 8.42. The summed E-state index contributed by atoms with van der Waals surface area (Å²) in [5.74, 6) is 0.198. The maximum Gasteiger partial charge on any atom is 0.419 e. The number of nitrogens with zero attached hydrogens (tertiary/aromatic N) is 5. The minimum absolute atomic E-state index is 0.198. The van der Waals surface area contributed by atoms with Crippen LogP contribution in [0.25, 0.3) is 0 Å². The summed E-state index contributed by atoms with van der Waals surface area (Å²) in [6.45, 7) is 3.50. The van der Waals surface area contributed by atoms with Gasteiger partial charge in [-0.15, -0.1) is 11.3 Å². The van der Waals surface area contributed by atoms with Crippen LogP contribution in [0, 0.1) is 0 Å². The lowest BCUT2D eigenvalue weighted by molar-refractivity contribution is -0.137. The molecular weight excluding hydrogens is 379 g/mol. The van der Waals surface area contributed by atoms with Gasteiger partial charge in [-0.1, -0.05) is 0 Å². The average Bonchev–Trinajstić information content (AvgIpc) is 3.19. The zero-order chi connectivity index (χ0) is 19.3. The Morgan fingerprint density at radius 3 is 2.67 bits per heavy atom. The van der Waals surface area contributed by atoms with Crippen molar-refractivity contribution in [3.8, 4) is 0 Å². The van der Waals surface area contributed by atoms with Gasteiger partial charge in [0.2, 0.25) is 0 Å². The van der Waals surface area contributed by atoms with E-state index in [1.807, 2.05) is 10.3 Å². The molecule has 0 aliphatic carbocycles. The molecule has 146 valence electrons. The summed E-state index contributed by atoms with van der Waals surface area (Å²) in [5.41, 5.74) is 5.22. The molecule has 27 heavy (non-hydrogen) atoms. The zero-order valence-corrected chi connectivity index (χ0v) is 15.3. The highest BCUT2D eigenvalue weighted by molar-refractivity contribution is 7.13. The van der Waals surface area contributed by atoms with Crippen molar-refractivity contribution in [2.45, 2.75) is 6.18 Å². The number of anilines is 2. The van der Waals surface area contributed by atoms with Gasteiger partial charge in [-0.3, -0.25) is 4.99 Å². The Hall–Kier alpha value is -2.56. The predicted molar refractivity (Wildman–Crippen MR) is 100 cm³/mol. The Kier molecular flexibility index (Phi) is 5.99. The molecule has 3 N–H and O–H groups in total. The van der Waals surface area contributed by atoms with E-state index >= 15 is 0 Å². The largest absolute Gasteiger partial charge is 0.419 e. The van der Waals surface area contributed by atoms with Crippen molar-refractivity contribution in [2.24, 2.45) is 10.7 Å². The summed E-state index contributed by atoms with van der Waals surface area (Å²) < 4.78 is 38.8. The van der Waals surface area contributed by atoms with E-state index in [1.54, 1.807) is 17.5 Å². The molecule has 0 saturated carbocycles. The fraction of sp³-hybridized carbons (Fsp3) is 0.438. The van der Waals surface area contributed by atoms with Crippen LogP contribution in [0.3, 0.4) is 0 Å². The third-order valence-electron chi connectivity index (χ3n) is 4.08. The molecule has 0 aromatic carbocycles. The Balaban J connectivity index is 1.47. The number of alkyl halides is 3. The standard InChI is InChI=1S/C16H20F3N7S/c17-16(18,19)12-2-1-3-21-13(12)22-4-5-23-14(20)25-7-9-26(10-8-25)15-24-6-11-27-15/h1-3,6,11H,4-5,7-10H2,(H2,20,23)(H,21,22). The first kappa shape index (κ1) is 19.2. The fourth-order valence-corrected chi connectivity index (χ4v) is 3.42. The normalized spacial score (nSPS) is 15.9. The lowest BCUT2D eigenvalue weighted by Gasteiger charge is -2.35. The molecule has 1 aliphatic heterocycles. The molecule has 0 bridgehead atoms. The van der Waals surface area contributed by atoms with Crippen LogP contribution in [0.4, 0.5) is 24.1 Å². The van der Waals surface area contributed by atoms with Gasteiger partial charge in [0.25, 0.3) is 0 Å². The summed E-state index contributed by atoms with van der Waals surface area (Å²) in [7, 11) is 0. The minimum Gasteiger partial charge on any atom is -0.370 e. The summed E-state index contributed by atoms with van der Waals surface area (Å²) >= 11 is 1.60. The molecule has 1 fully saturated rings. The predicted octanol–water partition coefficient (Wildman–Crippen LogP) is 2.11. The number of guanidine groups is 1. The van der Waals surface area contributed by atoms with E-state index in [0.29, 0.717) is 5.96 Å². The van der Waals surface area contributed by atoms with Crippen LogP contribution in [0.2, 0.25) is 0 Å². The van der Waals surface area contributed by atoms with Gasteiger partial charge in [0.1, 0.15) is 5.82 Å². The first-order valence-corrected chi connectivity index (χ1v) is 9.28. The monoisotopic (exact) mass is 399 g/mol. The number of pyridine rings is 1. The van der Waals surface area contributed by atoms with E-state index in [9.17, 15) is 13.2 Å². The van der Waals surface area contributed by atoms with Crippen molar-refractivity contribution in [3.05, 3.63) is 35.5 Å². The van der Waals surface area contributed by atoms with Gasteiger partial charge < -0.3 is 20.9 Å². The number of aliphatic imine (C=N–C) groups is 1. The number of hydrogen-bond acceptors (Lipinski definition) is 6. The highest BCUT2D eigenvalue weighted by Gasteiger charge is 2.33. The van der Waals surface area contributed by atoms with Crippen LogP contribution >= 0.6 is 11.3 Å². The van der Waals surface area contributed by atoms with E-state index in [1.165, 1.54) is 12.3 Å². The Bertz CT molecular complexity index is 756. The van der Waals surface area contributed by atoms with Crippen molar-refractivity contribution in [1.29, 1.82) is 0 Å². The van der Waals surface area contributed by atoms with Crippen LogP contribution in [-0.2, 0) is 6.18 Å². The topological polar surface area (TPSA) is 82.7 Å². The van der Waals surface area contributed by atoms with Gasteiger partial charge in [0, 0.05) is 50.5 Å². The van der Waals surface area contributed by atoms with Crippen molar-refractivity contribution in [3.63, 3.8) is 0 Å². The summed E-state index contributed by atoms with van der Waals surface area (Å²) in [6.07, 6.45) is -1.35. The molecule has 1 saturated heterocycles. The zero-order valence-electron chi connectivity index (χ0n) is 14.5. The molecule has 0 amide bonds. The van der Waals surface area contributed by atoms with E-state index in [2.05, 4.69) is 25.2 Å². The minimum atomic E-state index is -4.45. The number of rotatable bonds is 5. The van der Waals surface area contributed by atoms with Crippen LogP contribution in [-0.4, -0.2) is 60.1 Å². The third kappa shape index (κ3) is 5.00. The number of thiazole rings is 1. The molecule has 2 aromatic rings. The highest BCUT2D eigenvalue weighted by Crippen LogP contribution is 2.33. The van der Waals surface area contributed by atoms with Crippen LogP contribution in [0.5, 0.6) is 0 Å². The number of aromatic nitrogens is 2. The number of piperazine rings is 1. The Morgan fingerprint density at radius 2 is 2.00 bits per heavy atom.